The second-order valence-electron chi connectivity index (χ2n) is 9.24. The van der Waals surface area contributed by atoms with Crippen LogP contribution in [0.2, 0.25) is 10.0 Å². The standard InChI is InChI=1S/C29H23Cl2FN2O4S/c1-39(36,37)24-13-8-20(25(32)16-24)15-26-29(35)34(23-3-2-14-33-17-23)27(18-4-9-21(30)10-5-18)28(38-26)19-6-11-22(31)12-7-19/h2-14,16-17,26-28H,15H2,1H3/t26-,27+,28-/m1/s1. The molecule has 0 radical (unpaired) electrons. The van der Waals surface area contributed by atoms with Crippen LogP contribution >= 0.6 is 23.2 Å². The topological polar surface area (TPSA) is 76.6 Å². The number of sulfone groups is 1. The van der Waals surface area contributed by atoms with Crippen molar-refractivity contribution < 1.29 is 22.3 Å². The summed E-state index contributed by atoms with van der Waals surface area (Å²) in [6.07, 6.45) is 2.36. The number of aromatic nitrogens is 1. The molecule has 5 rings (SSSR count). The number of anilines is 1. The van der Waals surface area contributed by atoms with Crippen molar-refractivity contribution in [2.45, 2.75) is 29.6 Å². The summed E-state index contributed by atoms with van der Waals surface area (Å²) < 4.78 is 45.3. The van der Waals surface area contributed by atoms with Crippen LogP contribution in [0.15, 0.2) is 96.2 Å². The molecule has 1 aliphatic heterocycles. The highest BCUT2D eigenvalue weighted by atomic mass is 35.5. The number of carbonyl (C=O) groups excluding carboxylic acids is 1. The quantitative estimate of drug-likeness (QED) is 0.262. The molecular weight excluding hydrogens is 562 g/mol. The third kappa shape index (κ3) is 5.84. The van der Waals surface area contributed by atoms with Crippen LogP contribution in [-0.2, 0) is 25.8 Å². The van der Waals surface area contributed by atoms with Crippen molar-refractivity contribution in [3.8, 4) is 0 Å². The highest BCUT2D eigenvalue weighted by molar-refractivity contribution is 7.90. The van der Waals surface area contributed by atoms with Gasteiger partial charge >= 0.3 is 0 Å². The van der Waals surface area contributed by atoms with E-state index in [2.05, 4.69) is 4.98 Å². The first-order valence-electron chi connectivity index (χ1n) is 12.0. The Labute approximate surface area is 235 Å². The second-order valence-corrected chi connectivity index (χ2v) is 12.1. The van der Waals surface area contributed by atoms with Gasteiger partial charge in [-0.05, 0) is 65.2 Å². The minimum absolute atomic E-state index is 0.108. The average Bonchev–Trinajstić information content (AvgIpc) is 2.91. The van der Waals surface area contributed by atoms with Crippen LogP contribution < -0.4 is 4.90 Å². The molecule has 0 N–H and O–H groups in total. The number of hydrogen-bond acceptors (Lipinski definition) is 5. The van der Waals surface area contributed by atoms with Gasteiger partial charge in [-0.2, -0.15) is 0 Å². The lowest BCUT2D eigenvalue weighted by atomic mass is 9.90. The van der Waals surface area contributed by atoms with Crippen molar-refractivity contribution in [1.29, 1.82) is 0 Å². The minimum atomic E-state index is -3.59. The lowest BCUT2D eigenvalue weighted by molar-refractivity contribution is -0.145. The fourth-order valence-corrected chi connectivity index (χ4v) is 5.56. The van der Waals surface area contributed by atoms with E-state index in [1.807, 2.05) is 24.3 Å². The van der Waals surface area contributed by atoms with E-state index >= 15 is 4.39 Å². The number of amides is 1. The van der Waals surface area contributed by atoms with Crippen LogP contribution in [0.1, 0.15) is 28.8 Å². The van der Waals surface area contributed by atoms with E-state index < -0.39 is 33.9 Å². The molecule has 1 aromatic heterocycles. The molecule has 0 aliphatic carbocycles. The smallest absolute Gasteiger partial charge is 0.257 e. The number of ether oxygens (including phenoxy) is 1. The van der Waals surface area contributed by atoms with Gasteiger partial charge in [0.15, 0.2) is 9.84 Å². The van der Waals surface area contributed by atoms with Crippen molar-refractivity contribution >= 4 is 44.6 Å². The number of nitrogens with zero attached hydrogens (tertiary/aromatic N) is 2. The van der Waals surface area contributed by atoms with Gasteiger partial charge < -0.3 is 4.74 Å². The van der Waals surface area contributed by atoms with Crippen LogP contribution in [-0.4, -0.2) is 31.7 Å². The first kappa shape index (κ1) is 27.3. The summed E-state index contributed by atoms with van der Waals surface area (Å²) >= 11 is 12.3. The molecule has 1 amide bonds. The Bertz CT molecular complexity index is 1600. The molecule has 0 saturated carbocycles. The lowest BCUT2D eigenvalue weighted by Gasteiger charge is -2.44. The summed E-state index contributed by atoms with van der Waals surface area (Å²) in [5, 5.41) is 1.09. The van der Waals surface area contributed by atoms with E-state index in [-0.39, 0.29) is 22.8 Å². The Morgan fingerprint density at radius 3 is 2.15 bits per heavy atom. The van der Waals surface area contributed by atoms with Gasteiger partial charge in [-0.25, -0.2) is 12.8 Å². The monoisotopic (exact) mass is 584 g/mol. The summed E-state index contributed by atoms with van der Waals surface area (Å²) in [5.41, 5.74) is 2.24. The number of benzene rings is 3. The fraction of sp³-hybridized carbons (Fsp3) is 0.172. The summed E-state index contributed by atoms with van der Waals surface area (Å²) in [6.45, 7) is 0. The van der Waals surface area contributed by atoms with Crippen molar-refractivity contribution in [2.75, 3.05) is 11.2 Å². The molecule has 6 nitrogen and oxygen atoms in total. The SMILES string of the molecule is CS(=O)(=O)c1ccc(C[C@H]2O[C@H](c3ccc(Cl)cc3)[C@H](c3ccc(Cl)cc3)N(c3cccnc3)C2=O)c(F)c1. The molecule has 10 heteroatoms. The largest absolute Gasteiger partial charge is 0.358 e. The Morgan fingerprint density at radius 1 is 0.949 bits per heavy atom. The molecule has 3 atom stereocenters. The molecule has 1 saturated heterocycles. The van der Waals surface area contributed by atoms with E-state index in [0.29, 0.717) is 15.7 Å². The Kier molecular flexibility index (Phi) is 7.73. The third-order valence-electron chi connectivity index (χ3n) is 6.58. The van der Waals surface area contributed by atoms with E-state index in [1.165, 1.54) is 12.1 Å². The molecule has 39 heavy (non-hydrogen) atoms. The average molecular weight is 585 g/mol. The van der Waals surface area contributed by atoms with Crippen molar-refractivity contribution in [3.05, 3.63) is 124 Å². The van der Waals surface area contributed by atoms with Gasteiger partial charge in [-0.3, -0.25) is 14.7 Å². The summed E-state index contributed by atoms with van der Waals surface area (Å²) in [6, 6.07) is 20.8. The van der Waals surface area contributed by atoms with Crippen LogP contribution in [0.3, 0.4) is 0 Å². The van der Waals surface area contributed by atoms with E-state index in [9.17, 15) is 13.2 Å². The highest BCUT2D eigenvalue weighted by Crippen LogP contribution is 2.45. The zero-order valence-corrected chi connectivity index (χ0v) is 23.0. The zero-order chi connectivity index (χ0) is 27.7. The van der Waals surface area contributed by atoms with Gasteiger partial charge in [0.2, 0.25) is 0 Å². The number of halogens is 3. The van der Waals surface area contributed by atoms with Crippen molar-refractivity contribution in [3.63, 3.8) is 0 Å². The number of hydrogen-bond donors (Lipinski definition) is 0. The maximum Gasteiger partial charge on any atom is 0.257 e. The van der Waals surface area contributed by atoms with Gasteiger partial charge in [0.25, 0.3) is 5.91 Å². The van der Waals surface area contributed by atoms with Crippen molar-refractivity contribution in [1.82, 2.24) is 4.98 Å². The maximum atomic E-state index is 15.0. The Balaban J connectivity index is 1.62. The van der Waals surface area contributed by atoms with Crippen LogP contribution in [0.5, 0.6) is 0 Å². The van der Waals surface area contributed by atoms with E-state index in [4.69, 9.17) is 27.9 Å². The Morgan fingerprint density at radius 2 is 1.59 bits per heavy atom. The zero-order valence-electron chi connectivity index (χ0n) is 20.7. The van der Waals surface area contributed by atoms with Gasteiger partial charge in [-0.1, -0.05) is 53.5 Å². The van der Waals surface area contributed by atoms with E-state index in [1.54, 1.807) is 53.7 Å². The number of carbonyl (C=O) groups is 1. The molecule has 2 heterocycles. The first-order chi connectivity index (χ1) is 18.6. The molecule has 200 valence electrons. The number of pyridine rings is 1. The highest BCUT2D eigenvalue weighted by Gasteiger charge is 2.45. The van der Waals surface area contributed by atoms with E-state index in [0.717, 1.165) is 23.4 Å². The van der Waals surface area contributed by atoms with Gasteiger partial charge in [-0.15, -0.1) is 0 Å². The van der Waals surface area contributed by atoms with Crippen LogP contribution in [0, 0.1) is 5.82 Å². The second kappa shape index (κ2) is 11.1. The van der Waals surface area contributed by atoms with Crippen LogP contribution in [0.4, 0.5) is 10.1 Å². The molecule has 1 aliphatic rings. The number of morpholine rings is 1. The molecule has 3 aromatic carbocycles. The van der Waals surface area contributed by atoms with Crippen LogP contribution in [0.25, 0.3) is 0 Å². The maximum absolute atomic E-state index is 15.0. The van der Waals surface area contributed by atoms with Gasteiger partial charge in [0.1, 0.15) is 18.0 Å². The first-order valence-corrected chi connectivity index (χ1v) is 14.6. The molecule has 4 aromatic rings. The van der Waals surface area contributed by atoms with Gasteiger partial charge in [0.05, 0.1) is 22.8 Å². The fourth-order valence-electron chi connectivity index (χ4n) is 4.68. The lowest BCUT2D eigenvalue weighted by Crippen LogP contribution is -2.52. The summed E-state index contributed by atoms with van der Waals surface area (Å²) in [7, 11) is -3.59. The molecule has 0 unspecified atom stereocenters. The van der Waals surface area contributed by atoms with Gasteiger partial charge in [0, 0.05) is 28.9 Å². The Hall–Kier alpha value is -3.30. The molecular formula is C29H23Cl2FN2O4S. The summed E-state index contributed by atoms with van der Waals surface area (Å²) in [5.74, 6) is -1.12. The van der Waals surface area contributed by atoms with Crippen molar-refractivity contribution in [2.24, 2.45) is 0 Å². The normalized spacial score (nSPS) is 19.7. The number of rotatable bonds is 6. The third-order valence-corrected chi connectivity index (χ3v) is 8.20. The predicted octanol–water partition coefficient (Wildman–Crippen LogP) is 6.39. The minimum Gasteiger partial charge on any atom is -0.358 e. The molecule has 0 bridgehead atoms. The predicted molar refractivity (Wildman–Crippen MR) is 148 cm³/mol. The molecule has 0 spiro atoms. The molecule has 1 fully saturated rings. The summed E-state index contributed by atoms with van der Waals surface area (Å²) in [4.78, 5) is 19.7.